The van der Waals surface area contributed by atoms with Crippen LogP contribution in [0.25, 0.3) is 0 Å². The molecule has 0 saturated heterocycles. The Morgan fingerprint density at radius 2 is 2.00 bits per heavy atom. The first kappa shape index (κ1) is 12.4. The van der Waals surface area contributed by atoms with Crippen molar-refractivity contribution in [1.29, 1.82) is 0 Å². The molecule has 2 aromatic rings. The third-order valence-corrected chi connectivity index (χ3v) is 3.09. The number of aryl methyl sites for hydroxylation is 1. The number of nitrogens with zero attached hydrogens (tertiary/aromatic N) is 4. The second-order valence-electron chi connectivity index (χ2n) is 4.30. The zero-order valence-electron chi connectivity index (χ0n) is 10.3. The molecule has 0 radical (unpaired) electrons. The first-order valence-electron chi connectivity index (χ1n) is 5.67. The number of anilines is 1. The van der Waals surface area contributed by atoms with E-state index in [1.165, 1.54) is 11.0 Å². The van der Waals surface area contributed by atoms with Crippen molar-refractivity contribution in [3.63, 3.8) is 0 Å². The van der Waals surface area contributed by atoms with Gasteiger partial charge in [0, 0.05) is 13.1 Å². The highest BCUT2D eigenvalue weighted by atomic mass is 19.1. The number of amides is 1. The van der Waals surface area contributed by atoms with Crippen LogP contribution in [0.1, 0.15) is 16.2 Å². The molecule has 0 unspecified atom stereocenters. The molecule has 1 aliphatic rings. The summed E-state index contributed by atoms with van der Waals surface area (Å²) in [6, 6.07) is 1.49. The van der Waals surface area contributed by atoms with E-state index in [4.69, 9.17) is 0 Å². The van der Waals surface area contributed by atoms with Crippen molar-refractivity contribution in [2.24, 2.45) is 7.05 Å². The van der Waals surface area contributed by atoms with Gasteiger partial charge in [0.05, 0.1) is 17.8 Å². The molecule has 102 valence electrons. The third-order valence-electron chi connectivity index (χ3n) is 3.09. The second-order valence-corrected chi connectivity index (χ2v) is 4.30. The van der Waals surface area contributed by atoms with Gasteiger partial charge in [-0.3, -0.25) is 19.2 Å². The lowest BCUT2D eigenvalue weighted by molar-refractivity contribution is -0.114. The average Bonchev–Trinajstić information content (AvgIpc) is 2.88. The van der Waals surface area contributed by atoms with Gasteiger partial charge in [-0.25, -0.2) is 13.8 Å². The van der Waals surface area contributed by atoms with Crippen molar-refractivity contribution in [2.45, 2.75) is 6.54 Å². The van der Waals surface area contributed by atoms with Crippen LogP contribution in [0.3, 0.4) is 0 Å². The van der Waals surface area contributed by atoms with Gasteiger partial charge in [-0.05, 0) is 6.07 Å². The fourth-order valence-electron chi connectivity index (χ4n) is 2.11. The van der Waals surface area contributed by atoms with Gasteiger partial charge < -0.3 is 0 Å². The maximum absolute atomic E-state index is 13.8. The predicted molar refractivity (Wildman–Crippen MR) is 62.9 cm³/mol. The Balaban J connectivity index is 2.09. The van der Waals surface area contributed by atoms with Gasteiger partial charge in [0.1, 0.15) is 18.0 Å². The monoisotopic (exact) mass is 278 g/mol. The number of carbonyl (C=O) groups excluding carboxylic acids is 2. The molecule has 1 aromatic carbocycles. The Labute approximate surface area is 111 Å². The van der Waals surface area contributed by atoms with Crippen LogP contribution < -0.4 is 4.90 Å². The molecule has 0 N–H and O–H groups in total. The minimum absolute atomic E-state index is 0.114. The van der Waals surface area contributed by atoms with Gasteiger partial charge >= 0.3 is 0 Å². The third kappa shape index (κ3) is 1.68. The molecule has 1 aliphatic heterocycles. The minimum Gasteiger partial charge on any atom is -0.294 e. The summed E-state index contributed by atoms with van der Waals surface area (Å²) < 4.78 is 28.4. The Morgan fingerprint density at radius 3 is 2.65 bits per heavy atom. The normalized spacial score (nSPS) is 14.1. The molecule has 1 aromatic heterocycles. The molecule has 0 atom stereocenters. The number of halogens is 2. The lowest BCUT2D eigenvalue weighted by Gasteiger charge is -2.16. The van der Waals surface area contributed by atoms with Crippen LogP contribution in [-0.2, 0) is 18.4 Å². The Morgan fingerprint density at radius 1 is 1.25 bits per heavy atom. The SMILES string of the molecule is Cn1ncnc1CN1C(=O)C(=O)c2cc(F)cc(F)c21. The van der Waals surface area contributed by atoms with E-state index in [1.54, 1.807) is 7.05 Å². The van der Waals surface area contributed by atoms with Crippen LogP contribution in [0.5, 0.6) is 0 Å². The molecule has 6 nitrogen and oxygen atoms in total. The summed E-state index contributed by atoms with van der Waals surface area (Å²) >= 11 is 0. The highest BCUT2D eigenvalue weighted by Crippen LogP contribution is 2.33. The van der Waals surface area contributed by atoms with Gasteiger partial charge in [-0.15, -0.1) is 0 Å². The number of rotatable bonds is 2. The van der Waals surface area contributed by atoms with Crippen molar-refractivity contribution < 1.29 is 18.4 Å². The van der Waals surface area contributed by atoms with Crippen LogP contribution in [0.15, 0.2) is 18.5 Å². The minimum atomic E-state index is -0.957. The van der Waals surface area contributed by atoms with Crippen LogP contribution in [-0.4, -0.2) is 26.5 Å². The number of aromatic nitrogens is 3. The molecule has 0 spiro atoms. The summed E-state index contributed by atoms with van der Waals surface area (Å²) in [4.78, 5) is 28.5. The van der Waals surface area contributed by atoms with E-state index in [9.17, 15) is 18.4 Å². The summed E-state index contributed by atoms with van der Waals surface area (Å²) in [6.07, 6.45) is 1.28. The largest absolute Gasteiger partial charge is 0.299 e. The predicted octanol–water partition coefficient (Wildman–Crippen LogP) is 0.823. The number of benzene rings is 1. The van der Waals surface area contributed by atoms with Gasteiger partial charge in [0.25, 0.3) is 11.7 Å². The number of hydrogen-bond donors (Lipinski definition) is 0. The maximum atomic E-state index is 13.8. The highest BCUT2D eigenvalue weighted by Gasteiger charge is 2.39. The molecule has 1 amide bonds. The van der Waals surface area contributed by atoms with Crippen molar-refractivity contribution in [1.82, 2.24) is 14.8 Å². The number of hydrogen-bond acceptors (Lipinski definition) is 4. The lowest BCUT2D eigenvalue weighted by atomic mass is 10.1. The van der Waals surface area contributed by atoms with Gasteiger partial charge in [0.2, 0.25) is 0 Å². The summed E-state index contributed by atoms with van der Waals surface area (Å²) in [6.45, 7) is -0.114. The van der Waals surface area contributed by atoms with Crippen LogP contribution in [0.4, 0.5) is 14.5 Å². The fraction of sp³-hybridized carbons (Fsp3) is 0.167. The fourth-order valence-corrected chi connectivity index (χ4v) is 2.11. The maximum Gasteiger partial charge on any atom is 0.299 e. The van der Waals surface area contributed by atoms with Crippen molar-refractivity contribution in [3.05, 3.63) is 41.5 Å². The molecular weight excluding hydrogens is 270 g/mol. The molecule has 0 aliphatic carbocycles. The van der Waals surface area contributed by atoms with E-state index in [0.29, 0.717) is 11.9 Å². The van der Waals surface area contributed by atoms with Crippen LogP contribution in [0, 0.1) is 11.6 Å². The quantitative estimate of drug-likeness (QED) is 0.763. The number of fused-ring (bicyclic) bond motifs is 1. The molecule has 0 bridgehead atoms. The molecule has 20 heavy (non-hydrogen) atoms. The van der Waals surface area contributed by atoms with Gasteiger partial charge in [-0.1, -0.05) is 0 Å². The topological polar surface area (TPSA) is 68.1 Å². The zero-order chi connectivity index (χ0) is 14.4. The molecule has 0 saturated carbocycles. The van der Waals surface area contributed by atoms with Gasteiger partial charge in [-0.2, -0.15) is 5.10 Å². The zero-order valence-corrected chi connectivity index (χ0v) is 10.3. The summed E-state index contributed by atoms with van der Waals surface area (Å²) in [5.74, 6) is -3.32. The van der Waals surface area contributed by atoms with E-state index < -0.39 is 23.3 Å². The van der Waals surface area contributed by atoms with E-state index in [1.807, 2.05) is 0 Å². The van der Waals surface area contributed by atoms with Crippen LogP contribution >= 0.6 is 0 Å². The van der Waals surface area contributed by atoms with Crippen molar-refractivity contribution in [2.75, 3.05) is 4.90 Å². The first-order chi connectivity index (χ1) is 9.49. The Hall–Kier alpha value is -2.64. The molecule has 0 fully saturated rings. The van der Waals surface area contributed by atoms with E-state index in [0.717, 1.165) is 11.0 Å². The van der Waals surface area contributed by atoms with Crippen molar-refractivity contribution in [3.8, 4) is 0 Å². The van der Waals surface area contributed by atoms with E-state index in [2.05, 4.69) is 10.1 Å². The Bertz CT molecular complexity index is 741. The summed E-state index contributed by atoms with van der Waals surface area (Å²) in [5.41, 5.74) is -0.487. The molecule has 3 rings (SSSR count). The molecular formula is C12H8F2N4O2. The lowest BCUT2D eigenvalue weighted by Crippen LogP contribution is -2.30. The summed E-state index contributed by atoms with van der Waals surface area (Å²) in [5, 5.41) is 3.82. The number of carbonyl (C=O) groups is 2. The smallest absolute Gasteiger partial charge is 0.294 e. The van der Waals surface area contributed by atoms with E-state index in [-0.39, 0.29) is 17.8 Å². The summed E-state index contributed by atoms with van der Waals surface area (Å²) in [7, 11) is 1.60. The second kappa shape index (κ2) is 4.19. The van der Waals surface area contributed by atoms with Crippen molar-refractivity contribution >= 4 is 17.4 Å². The average molecular weight is 278 g/mol. The van der Waals surface area contributed by atoms with Crippen LogP contribution in [0.2, 0.25) is 0 Å². The molecule has 2 heterocycles. The molecule has 8 heteroatoms. The Kier molecular flexibility index (Phi) is 2.60. The van der Waals surface area contributed by atoms with Gasteiger partial charge in [0.15, 0.2) is 5.82 Å². The highest BCUT2D eigenvalue weighted by molar-refractivity contribution is 6.52. The number of Topliss-reactive ketones (excluding diaryl/α,β-unsaturated/α-hetero) is 1. The first-order valence-corrected chi connectivity index (χ1v) is 5.67. The van der Waals surface area contributed by atoms with E-state index >= 15 is 0 Å². The number of ketones is 1. The standard InChI is InChI=1S/C12H8F2N4O2/c1-17-9(15-5-16-17)4-18-10-7(11(19)12(18)20)2-6(13)3-8(10)14/h2-3,5H,4H2,1H3.